The zero-order valence-corrected chi connectivity index (χ0v) is 15.5. The largest absolute Gasteiger partial charge is 0.454 e. The van der Waals surface area contributed by atoms with Gasteiger partial charge in [0.25, 0.3) is 0 Å². The Labute approximate surface area is 149 Å². The van der Waals surface area contributed by atoms with E-state index in [1.807, 2.05) is 20.8 Å². The second-order valence-corrected chi connectivity index (χ2v) is 8.59. The van der Waals surface area contributed by atoms with Crippen LogP contribution in [0.15, 0.2) is 18.2 Å². The van der Waals surface area contributed by atoms with Crippen LogP contribution in [0.1, 0.15) is 33.6 Å². The number of carbonyl (C=O) groups is 2. The molecule has 2 bridgehead atoms. The van der Waals surface area contributed by atoms with Gasteiger partial charge in [-0.3, -0.25) is 9.59 Å². The fourth-order valence-electron chi connectivity index (χ4n) is 4.67. The molecule has 0 spiro atoms. The van der Waals surface area contributed by atoms with Crippen LogP contribution in [0, 0.1) is 16.2 Å². The van der Waals surface area contributed by atoms with E-state index in [1.165, 1.54) is 0 Å². The number of alkyl halides is 1. The van der Waals surface area contributed by atoms with Crippen molar-refractivity contribution in [3.05, 3.63) is 18.2 Å². The summed E-state index contributed by atoms with van der Waals surface area (Å²) in [6.45, 7) is 6.27. The number of ketones is 1. The Kier molecular flexibility index (Phi) is 3.15. The number of fused-ring (bicyclic) bond motifs is 3. The molecule has 2 saturated carbocycles. The molecule has 1 N–H and O–H groups in total. The normalized spacial score (nSPS) is 35.3. The van der Waals surface area contributed by atoms with Crippen molar-refractivity contribution in [1.82, 2.24) is 0 Å². The lowest BCUT2D eigenvalue weighted by atomic mass is 9.64. The topological polar surface area (TPSA) is 64.6 Å². The molecular weight excluding hydrogens is 374 g/mol. The van der Waals surface area contributed by atoms with Gasteiger partial charge in [-0.1, -0.05) is 36.7 Å². The highest BCUT2D eigenvalue weighted by Gasteiger charge is 2.76. The maximum atomic E-state index is 13.2. The lowest BCUT2D eigenvalue weighted by molar-refractivity contribution is -0.130. The van der Waals surface area contributed by atoms with Gasteiger partial charge in [0.2, 0.25) is 12.7 Å². The summed E-state index contributed by atoms with van der Waals surface area (Å²) in [6, 6.07) is 5.34. The zero-order valence-electron chi connectivity index (χ0n) is 13.9. The fraction of sp³-hybridized carbons (Fsp3) is 0.556. The first-order valence-electron chi connectivity index (χ1n) is 8.13. The van der Waals surface area contributed by atoms with Crippen molar-refractivity contribution in [2.45, 2.75) is 38.4 Å². The Morgan fingerprint density at radius 2 is 1.92 bits per heavy atom. The van der Waals surface area contributed by atoms with Gasteiger partial charge in [0.1, 0.15) is 0 Å². The lowest BCUT2D eigenvalue weighted by Crippen LogP contribution is -2.47. The molecule has 0 radical (unpaired) electrons. The van der Waals surface area contributed by atoms with Crippen molar-refractivity contribution in [1.29, 1.82) is 0 Å². The molecule has 1 aliphatic heterocycles. The van der Waals surface area contributed by atoms with Gasteiger partial charge in [0, 0.05) is 17.2 Å². The van der Waals surface area contributed by atoms with Crippen molar-refractivity contribution in [3.63, 3.8) is 0 Å². The van der Waals surface area contributed by atoms with Crippen LogP contribution in [-0.2, 0) is 9.59 Å². The van der Waals surface area contributed by atoms with E-state index in [0.29, 0.717) is 23.6 Å². The Morgan fingerprint density at radius 3 is 2.58 bits per heavy atom. The van der Waals surface area contributed by atoms with E-state index in [9.17, 15) is 9.59 Å². The van der Waals surface area contributed by atoms with E-state index in [2.05, 4.69) is 21.2 Å². The van der Waals surface area contributed by atoms with Crippen LogP contribution in [-0.4, -0.2) is 23.3 Å². The van der Waals surface area contributed by atoms with Gasteiger partial charge in [0.15, 0.2) is 17.3 Å². The van der Waals surface area contributed by atoms with Crippen LogP contribution >= 0.6 is 15.9 Å². The number of anilines is 1. The highest BCUT2D eigenvalue weighted by atomic mass is 79.9. The third-order valence-electron chi connectivity index (χ3n) is 6.76. The van der Waals surface area contributed by atoms with Crippen molar-refractivity contribution in [2.24, 2.45) is 16.2 Å². The smallest absolute Gasteiger partial charge is 0.232 e. The van der Waals surface area contributed by atoms with Gasteiger partial charge in [-0.2, -0.15) is 0 Å². The van der Waals surface area contributed by atoms with Crippen LogP contribution in [0.5, 0.6) is 11.5 Å². The number of amides is 1. The molecule has 1 amide bonds. The van der Waals surface area contributed by atoms with E-state index in [-0.39, 0.29) is 18.5 Å². The second kappa shape index (κ2) is 4.75. The molecule has 0 aromatic heterocycles. The molecule has 4 rings (SSSR count). The summed E-state index contributed by atoms with van der Waals surface area (Å²) >= 11 is 3.54. The average Bonchev–Trinajstić information content (AvgIpc) is 3.10. The summed E-state index contributed by atoms with van der Waals surface area (Å²) in [6.07, 6.45) is 1.45. The molecule has 3 aliphatic rings. The molecule has 1 aromatic carbocycles. The van der Waals surface area contributed by atoms with Gasteiger partial charge in [-0.15, -0.1) is 0 Å². The van der Waals surface area contributed by atoms with E-state index >= 15 is 0 Å². The number of hydrogen-bond acceptors (Lipinski definition) is 4. The Morgan fingerprint density at radius 1 is 1.21 bits per heavy atom. The van der Waals surface area contributed by atoms with E-state index < -0.39 is 21.1 Å². The minimum Gasteiger partial charge on any atom is -0.454 e. The first-order chi connectivity index (χ1) is 11.2. The maximum absolute atomic E-state index is 13.2. The van der Waals surface area contributed by atoms with Gasteiger partial charge >= 0.3 is 0 Å². The predicted molar refractivity (Wildman–Crippen MR) is 92.5 cm³/mol. The molecule has 0 unspecified atom stereocenters. The maximum Gasteiger partial charge on any atom is 0.232 e. The number of Topliss-reactive ketones (excluding diaryl/α,β-unsaturated/α-hetero) is 1. The summed E-state index contributed by atoms with van der Waals surface area (Å²) < 4.78 is 10.7. The molecular formula is C18H20BrNO4. The van der Waals surface area contributed by atoms with Crippen molar-refractivity contribution < 1.29 is 19.1 Å². The van der Waals surface area contributed by atoms with Gasteiger partial charge in [-0.05, 0) is 30.4 Å². The lowest BCUT2D eigenvalue weighted by Gasteiger charge is -2.39. The fourth-order valence-corrected chi connectivity index (χ4v) is 6.19. The van der Waals surface area contributed by atoms with Gasteiger partial charge in [-0.25, -0.2) is 0 Å². The molecule has 3 atom stereocenters. The number of nitrogens with one attached hydrogen (secondary N) is 1. The summed E-state index contributed by atoms with van der Waals surface area (Å²) in [4.78, 5) is 25.5. The summed E-state index contributed by atoms with van der Waals surface area (Å²) in [5.74, 6) is 1.33. The number of benzene rings is 1. The molecule has 2 aliphatic carbocycles. The molecule has 1 heterocycles. The van der Waals surface area contributed by atoms with Crippen LogP contribution in [0.2, 0.25) is 0 Å². The highest BCUT2D eigenvalue weighted by Crippen LogP contribution is 2.72. The SMILES string of the molecule is CC1(C)[C@]2(C)CC[C@@]1(C(=O)Nc1ccc3c(c1)OCO3)[C@H](Br)C2=O. The third kappa shape index (κ3) is 1.65. The van der Waals surface area contributed by atoms with Crippen LogP contribution in [0.3, 0.4) is 0 Å². The Balaban J connectivity index is 1.68. The zero-order chi connectivity index (χ0) is 17.3. The quantitative estimate of drug-likeness (QED) is 0.780. The van der Waals surface area contributed by atoms with Crippen LogP contribution in [0.25, 0.3) is 0 Å². The molecule has 0 saturated heterocycles. The molecule has 6 heteroatoms. The molecule has 5 nitrogen and oxygen atoms in total. The first-order valence-corrected chi connectivity index (χ1v) is 9.05. The van der Waals surface area contributed by atoms with E-state index in [1.54, 1.807) is 18.2 Å². The van der Waals surface area contributed by atoms with E-state index in [4.69, 9.17) is 9.47 Å². The third-order valence-corrected chi connectivity index (χ3v) is 7.95. The number of carbonyl (C=O) groups excluding carboxylic acids is 2. The number of halogens is 1. The number of hydrogen-bond donors (Lipinski definition) is 1. The molecule has 128 valence electrons. The van der Waals surface area contributed by atoms with E-state index in [0.717, 1.165) is 6.42 Å². The summed E-state index contributed by atoms with van der Waals surface area (Å²) in [7, 11) is 0. The second-order valence-electron chi connectivity index (χ2n) is 7.68. The highest BCUT2D eigenvalue weighted by molar-refractivity contribution is 9.10. The Hall–Kier alpha value is -1.56. The Bertz CT molecular complexity index is 761. The monoisotopic (exact) mass is 393 g/mol. The van der Waals surface area contributed by atoms with Gasteiger partial charge in [0.05, 0.1) is 10.2 Å². The number of rotatable bonds is 2. The average molecular weight is 394 g/mol. The molecule has 1 aromatic rings. The van der Waals surface area contributed by atoms with Crippen molar-refractivity contribution in [3.8, 4) is 11.5 Å². The summed E-state index contributed by atoms with van der Waals surface area (Å²) in [5, 5.41) is 3.00. The predicted octanol–water partition coefficient (Wildman–Crippen LogP) is 3.51. The summed E-state index contributed by atoms with van der Waals surface area (Å²) in [5.41, 5.74) is -0.962. The van der Waals surface area contributed by atoms with Gasteiger partial charge < -0.3 is 14.8 Å². The molecule has 24 heavy (non-hydrogen) atoms. The minimum absolute atomic E-state index is 0.109. The number of ether oxygens (including phenoxy) is 2. The van der Waals surface area contributed by atoms with Crippen molar-refractivity contribution >= 4 is 33.3 Å². The standard InChI is InChI=1S/C18H20BrNO4/c1-16(2)17(3)6-7-18(16,13(19)14(17)21)15(22)20-10-4-5-11-12(8-10)24-9-23-11/h4-5,8,13H,6-7,9H2,1-3H3,(H,20,22)/t13-,17-,18+/m1/s1. The minimum atomic E-state index is -0.741. The van der Waals surface area contributed by atoms with Crippen LogP contribution in [0.4, 0.5) is 5.69 Å². The van der Waals surface area contributed by atoms with Crippen molar-refractivity contribution in [2.75, 3.05) is 12.1 Å². The first kappa shape index (κ1) is 15.9. The van der Waals surface area contributed by atoms with Crippen LogP contribution < -0.4 is 14.8 Å². The molecule has 2 fully saturated rings.